The van der Waals surface area contributed by atoms with Crippen LogP contribution >= 0.6 is 30.6 Å². The number of hydrogen-bond acceptors (Lipinski definition) is 8. The zero-order valence-corrected chi connectivity index (χ0v) is 29.6. The summed E-state index contributed by atoms with van der Waals surface area (Å²) in [5.41, 5.74) is 6.07. The molecule has 0 aromatic heterocycles. The van der Waals surface area contributed by atoms with Gasteiger partial charge in [0.15, 0.2) is 0 Å². The Morgan fingerprint density at radius 1 is 1.05 bits per heavy atom. The number of carbonyl (C=O) groups excluding carboxylic acids is 1. The first kappa shape index (κ1) is 38.6. The summed E-state index contributed by atoms with van der Waals surface area (Å²) < 4.78 is 22.1. The summed E-state index contributed by atoms with van der Waals surface area (Å²) >= 11 is 7.93. The number of aromatic hydroxyl groups is 1. The molecule has 240 valence electrons. The molecule has 10 heteroatoms. The number of halogens is 1. The van der Waals surface area contributed by atoms with Crippen LogP contribution in [0.25, 0.3) is 0 Å². The summed E-state index contributed by atoms with van der Waals surface area (Å²) in [6, 6.07) is 10.6. The number of carbonyl (C=O) groups is 1. The molecule has 0 spiro atoms. The van der Waals surface area contributed by atoms with Gasteiger partial charge in [0.2, 0.25) is 0 Å². The van der Waals surface area contributed by atoms with Crippen LogP contribution in [0.4, 0.5) is 4.79 Å². The van der Waals surface area contributed by atoms with Gasteiger partial charge in [-0.2, -0.15) is 0 Å². The molecule has 0 amide bonds. The number of nitrogens with two attached hydrogens (primary N) is 1. The molecule has 0 aliphatic carbocycles. The van der Waals surface area contributed by atoms with Crippen molar-refractivity contribution < 1.29 is 28.4 Å². The van der Waals surface area contributed by atoms with Crippen LogP contribution in [-0.4, -0.2) is 43.9 Å². The van der Waals surface area contributed by atoms with Crippen molar-refractivity contribution in [3.05, 3.63) is 47.0 Å². The predicted molar refractivity (Wildman–Crippen MR) is 179 cm³/mol. The monoisotopic (exact) mass is 645 g/mol. The molecule has 0 saturated carbocycles. The number of unbranched alkanes of at least 4 members (excludes halogenated alkanes) is 2. The summed E-state index contributed by atoms with van der Waals surface area (Å²) in [4.78, 5) is 14.6. The van der Waals surface area contributed by atoms with Crippen molar-refractivity contribution in [2.75, 3.05) is 27.4 Å². The van der Waals surface area contributed by atoms with Crippen LogP contribution in [0.2, 0.25) is 5.02 Å². The van der Waals surface area contributed by atoms with E-state index in [1.807, 2.05) is 12.1 Å². The van der Waals surface area contributed by atoms with Gasteiger partial charge in [-0.05, 0) is 12.3 Å². The SMILES string of the molecule is CCCCCOCC(C)CC.COP(N)(OC)(C(=O)OC(C)(C)C)c1ccc(Sc2cc(C(C)C)ccc2O)cc1Cl. The predicted octanol–water partition coefficient (Wildman–Crippen LogP) is 9.67. The molecular formula is C32H53ClNO6PS. The minimum atomic E-state index is -4.58. The fraction of sp³-hybridized carbons (Fsp3) is 0.594. The van der Waals surface area contributed by atoms with Gasteiger partial charge in [-0.1, -0.05) is 40.0 Å². The van der Waals surface area contributed by atoms with E-state index < -0.39 is 18.5 Å². The minimum absolute atomic E-state index is 0.176. The fourth-order valence-corrected chi connectivity index (χ4v) is 7.69. The summed E-state index contributed by atoms with van der Waals surface area (Å²) in [6.07, 6.45) is 5.05. The van der Waals surface area contributed by atoms with E-state index in [2.05, 4.69) is 34.6 Å². The number of benzene rings is 2. The van der Waals surface area contributed by atoms with Crippen molar-refractivity contribution in [2.24, 2.45) is 11.4 Å². The van der Waals surface area contributed by atoms with Gasteiger partial charge in [0.05, 0.1) is 0 Å². The molecule has 0 bridgehead atoms. The normalized spacial score (nSPS) is 13.6. The van der Waals surface area contributed by atoms with E-state index in [-0.39, 0.29) is 16.1 Å². The molecule has 0 aliphatic heterocycles. The summed E-state index contributed by atoms with van der Waals surface area (Å²) in [5, 5.41) is 10.7. The molecular weight excluding hydrogens is 593 g/mol. The molecule has 0 radical (unpaired) electrons. The van der Waals surface area contributed by atoms with Crippen molar-refractivity contribution in [3.8, 4) is 5.75 Å². The number of phenols is 1. The second kappa shape index (κ2) is 17.2. The van der Waals surface area contributed by atoms with Crippen LogP contribution in [0.5, 0.6) is 5.75 Å². The molecule has 0 saturated heterocycles. The van der Waals surface area contributed by atoms with E-state index in [9.17, 15) is 9.90 Å². The Morgan fingerprint density at radius 2 is 1.69 bits per heavy atom. The second-order valence-electron chi connectivity index (χ2n) is 11.8. The molecule has 2 aromatic carbocycles. The van der Waals surface area contributed by atoms with Crippen molar-refractivity contribution in [3.63, 3.8) is 0 Å². The molecule has 0 heterocycles. The maximum atomic E-state index is 13.1. The fourth-order valence-electron chi connectivity index (χ4n) is 3.72. The van der Waals surface area contributed by atoms with E-state index >= 15 is 0 Å². The average molecular weight is 646 g/mol. The summed E-state index contributed by atoms with van der Waals surface area (Å²) in [7, 11) is -1.97. The third-order valence-corrected chi connectivity index (χ3v) is 11.7. The Labute approximate surface area is 263 Å². The quantitative estimate of drug-likeness (QED) is 0.155. The molecule has 1 atom stereocenters. The van der Waals surface area contributed by atoms with Gasteiger partial charge in [-0.15, -0.1) is 0 Å². The standard InChI is InChI=1S/C22H31ClNO5PS.C10H22O/c1-14(2)15-8-10-18(25)20(12-15)31-16-9-11-19(17(23)13-16)30(24,27-6,28-7)21(26)29-22(3,4)5;1-4-6-7-8-11-9-10(3)5-2/h8-14,25H,24H2,1-7H3;10H,4-9H2,1-3H3. The molecule has 0 fully saturated rings. The third kappa shape index (κ3) is 11.0. The summed E-state index contributed by atoms with van der Waals surface area (Å²) in [5.74, 6) is 1.23. The molecule has 1 unspecified atom stereocenters. The van der Waals surface area contributed by atoms with E-state index in [0.717, 1.165) is 29.6 Å². The van der Waals surface area contributed by atoms with E-state index in [1.165, 1.54) is 51.7 Å². The number of ether oxygens (including phenoxy) is 2. The Bertz CT molecular complexity index is 1140. The maximum absolute atomic E-state index is 13.1. The van der Waals surface area contributed by atoms with E-state index in [4.69, 9.17) is 35.6 Å². The van der Waals surface area contributed by atoms with Crippen LogP contribution in [0, 0.1) is 5.92 Å². The van der Waals surface area contributed by atoms with Crippen molar-refractivity contribution in [1.29, 1.82) is 0 Å². The van der Waals surface area contributed by atoms with Gasteiger partial charge < -0.3 is 4.74 Å². The van der Waals surface area contributed by atoms with Gasteiger partial charge in [0.25, 0.3) is 0 Å². The third-order valence-electron chi connectivity index (χ3n) is 6.71. The number of hydrogen-bond donors (Lipinski definition) is 2. The molecule has 3 N–H and O–H groups in total. The Hall–Kier alpha value is -1.38. The van der Waals surface area contributed by atoms with Crippen molar-refractivity contribution >= 4 is 41.6 Å². The van der Waals surface area contributed by atoms with Crippen LogP contribution < -0.4 is 10.8 Å². The molecule has 0 aliphatic rings. The topological polar surface area (TPSA) is 100 Å². The van der Waals surface area contributed by atoms with Gasteiger partial charge in [0, 0.05) is 13.2 Å². The number of rotatable bonds is 14. The van der Waals surface area contributed by atoms with Gasteiger partial charge in [-0.25, -0.2) is 0 Å². The van der Waals surface area contributed by atoms with E-state index in [1.54, 1.807) is 45.0 Å². The average Bonchev–Trinajstić information content (AvgIpc) is 2.93. The van der Waals surface area contributed by atoms with Crippen molar-refractivity contribution in [2.45, 2.75) is 102 Å². The number of phenolic OH excluding ortho intramolecular Hbond substituents is 1. The van der Waals surface area contributed by atoms with Crippen LogP contribution in [0.15, 0.2) is 46.2 Å². The molecule has 42 heavy (non-hydrogen) atoms. The van der Waals surface area contributed by atoms with Crippen LogP contribution in [0.3, 0.4) is 0 Å². The first-order valence-corrected chi connectivity index (χ1v) is 18.0. The first-order chi connectivity index (χ1) is 19.5. The Morgan fingerprint density at radius 3 is 2.19 bits per heavy atom. The molecule has 2 rings (SSSR count). The molecule has 2 aromatic rings. The summed E-state index contributed by atoms with van der Waals surface area (Å²) in [6.45, 7) is 17.9. The van der Waals surface area contributed by atoms with Crippen LogP contribution in [-0.2, 0) is 18.5 Å². The van der Waals surface area contributed by atoms with Gasteiger partial charge in [0.1, 0.15) is 0 Å². The molecule has 7 nitrogen and oxygen atoms in total. The van der Waals surface area contributed by atoms with Crippen molar-refractivity contribution in [1.82, 2.24) is 0 Å². The van der Waals surface area contributed by atoms with Gasteiger partial charge >= 0.3 is 194 Å². The first-order valence-electron chi connectivity index (χ1n) is 14.6. The van der Waals surface area contributed by atoms with E-state index in [0.29, 0.717) is 10.8 Å². The Balaban J connectivity index is 0.000000679. The Kier molecular flexibility index (Phi) is 15.8. The van der Waals surface area contributed by atoms with Gasteiger partial charge in [-0.3, -0.25) is 0 Å². The zero-order chi connectivity index (χ0) is 32.2. The zero-order valence-electron chi connectivity index (χ0n) is 27.2. The van der Waals surface area contributed by atoms with Crippen LogP contribution in [0.1, 0.15) is 92.6 Å². The second-order valence-corrected chi connectivity index (χ2v) is 16.9.